The number of halogens is 1. The van der Waals surface area contributed by atoms with E-state index in [2.05, 4.69) is 20.5 Å². The Morgan fingerprint density at radius 1 is 1.23 bits per heavy atom. The van der Waals surface area contributed by atoms with E-state index in [9.17, 15) is 24.1 Å². The second-order valence-electron chi connectivity index (χ2n) is 7.17. The van der Waals surface area contributed by atoms with Gasteiger partial charge in [-0.3, -0.25) is 29.6 Å². The average molecular weight is 415 g/mol. The van der Waals surface area contributed by atoms with Crippen molar-refractivity contribution < 1.29 is 18.9 Å². The summed E-state index contributed by atoms with van der Waals surface area (Å²) in [7, 11) is 0. The molecule has 9 nitrogen and oxygen atoms in total. The Hall–Kier alpha value is -3.40. The van der Waals surface area contributed by atoms with Gasteiger partial charge in [0.15, 0.2) is 0 Å². The lowest BCUT2D eigenvalue weighted by Gasteiger charge is -2.31. The van der Waals surface area contributed by atoms with E-state index in [1.165, 1.54) is 0 Å². The third kappa shape index (κ3) is 5.80. The van der Waals surface area contributed by atoms with Crippen molar-refractivity contribution in [2.24, 2.45) is 5.92 Å². The highest BCUT2D eigenvalue weighted by atomic mass is 19.1. The number of rotatable bonds is 6. The standard InChI is InChI=1S/C20H22FN5O4/c21-17-4-3-16(10-18(17)26(29)30)24-20(28)19(27)23-12-14-5-8-25(9-6-14)13-15-2-1-7-22-11-15/h1-4,7,10-11,14H,5-6,8-9,12-13H2,(H,23,27)(H,24,28). The summed E-state index contributed by atoms with van der Waals surface area (Å²) in [5, 5.41) is 15.6. The van der Waals surface area contributed by atoms with Crippen LogP contribution in [-0.2, 0) is 16.1 Å². The van der Waals surface area contributed by atoms with Crippen molar-refractivity contribution >= 4 is 23.2 Å². The van der Waals surface area contributed by atoms with Gasteiger partial charge in [0, 0.05) is 37.2 Å². The van der Waals surface area contributed by atoms with Crippen LogP contribution in [0.25, 0.3) is 0 Å². The predicted octanol–water partition coefficient (Wildman–Crippen LogP) is 2.10. The van der Waals surface area contributed by atoms with Crippen molar-refractivity contribution in [3.05, 3.63) is 64.2 Å². The first-order valence-corrected chi connectivity index (χ1v) is 9.56. The van der Waals surface area contributed by atoms with Gasteiger partial charge in [0.25, 0.3) is 0 Å². The number of carbonyl (C=O) groups excluding carboxylic acids is 2. The molecule has 0 spiro atoms. The number of hydrogen-bond acceptors (Lipinski definition) is 6. The molecule has 2 heterocycles. The Kier molecular flexibility index (Phi) is 7.02. The zero-order valence-corrected chi connectivity index (χ0v) is 16.2. The Morgan fingerprint density at radius 3 is 2.67 bits per heavy atom. The number of nitrogens with zero attached hydrogens (tertiary/aromatic N) is 3. The molecule has 1 aliphatic heterocycles. The second kappa shape index (κ2) is 9.88. The summed E-state index contributed by atoms with van der Waals surface area (Å²) in [4.78, 5) is 40.3. The molecule has 1 aromatic carbocycles. The van der Waals surface area contributed by atoms with Crippen LogP contribution in [0.1, 0.15) is 18.4 Å². The Balaban J connectivity index is 1.42. The van der Waals surface area contributed by atoms with E-state index >= 15 is 0 Å². The highest BCUT2D eigenvalue weighted by Crippen LogP contribution is 2.21. The summed E-state index contributed by atoms with van der Waals surface area (Å²) in [6, 6.07) is 6.84. The lowest BCUT2D eigenvalue weighted by molar-refractivity contribution is -0.387. The largest absolute Gasteiger partial charge is 0.348 e. The van der Waals surface area contributed by atoms with Crippen molar-refractivity contribution in [3.8, 4) is 0 Å². The van der Waals surface area contributed by atoms with Crippen LogP contribution in [-0.4, -0.2) is 46.3 Å². The van der Waals surface area contributed by atoms with Gasteiger partial charge in [0.2, 0.25) is 5.82 Å². The van der Waals surface area contributed by atoms with Crippen molar-refractivity contribution in [1.29, 1.82) is 0 Å². The maximum absolute atomic E-state index is 13.4. The van der Waals surface area contributed by atoms with Gasteiger partial charge in [-0.2, -0.15) is 4.39 Å². The van der Waals surface area contributed by atoms with Crippen LogP contribution in [0.2, 0.25) is 0 Å². The lowest BCUT2D eigenvalue weighted by atomic mass is 9.96. The summed E-state index contributed by atoms with van der Waals surface area (Å²) in [5.74, 6) is -2.54. The van der Waals surface area contributed by atoms with Gasteiger partial charge < -0.3 is 10.6 Å². The molecular formula is C20H22FN5O4. The van der Waals surface area contributed by atoms with Crippen LogP contribution >= 0.6 is 0 Å². The number of nitro benzene ring substituents is 1. The summed E-state index contributed by atoms with van der Waals surface area (Å²) in [5.41, 5.74) is 0.361. The molecule has 10 heteroatoms. The van der Waals surface area contributed by atoms with Crippen LogP contribution in [0.5, 0.6) is 0 Å². The van der Waals surface area contributed by atoms with E-state index in [1.807, 2.05) is 18.3 Å². The number of benzene rings is 1. The van der Waals surface area contributed by atoms with E-state index in [0.29, 0.717) is 6.54 Å². The Morgan fingerprint density at radius 2 is 2.00 bits per heavy atom. The SMILES string of the molecule is O=C(NCC1CCN(Cc2cccnc2)CC1)C(=O)Nc1ccc(F)c([N+](=O)[O-])c1. The molecule has 2 aromatic rings. The molecule has 1 saturated heterocycles. The summed E-state index contributed by atoms with van der Waals surface area (Å²) < 4.78 is 13.4. The first-order chi connectivity index (χ1) is 14.4. The fraction of sp³-hybridized carbons (Fsp3) is 0.350. The molecule has 0 bridgehead atoms. The molecule has 2 amide bonds. The molecule has 2 N–H and O–H groups in total. The maximum atomic E-state index is 13.4. The summed E-state index contributed by atoms with van der Waals surface area (Å²) in [6.45, 7) is 2.98. The fourth-order valence-corrected chi connectivity index (χ4v) is 3.33. The normalized spacial score (nSPS) is 14.8. The number of anilines is 1. The minimum atomic E-state index is -1.02. The number of hydrogen-bond donors (Lipinski definition) is 2. The number of nitrogens with one attached hydrogen (secondary N) is 2. The van der Waals surface area contributed by atoms with Crippen LogP contribution in [0, 0.1) is 21.8 Å². The van der Waals surface area contributed by atoms with Gasteiger partial charge in [-0.1, -0.05) is 6.07 Å². The van der Waals surface area contributed by atoms with E-state index in [4.69, 9.17) is 0 Å². The molecule has 3 rings (SSSR count). The summed E-state index contributed by atoms with van der Waals surface area (Å²) >= 11 is 0. The number of carbonyl (C=O) groups is 2. The number of likely N-dealkylation sites (tertiary alicyclic amines) is 1. The smallest absolute Gasteiger partial charge is 0.313 e. The predicted molar refractivity (Wildman–Crippen MR) is 107 cm³/mol. The number of pyridine rings is 1. The van der Waals surface area contributed by atoms with Crippen LogP contribution < -0.4 is 10.6 Å². The van der Waals surface area contributed by atoms with Gasteiger partial charge in [-0.15, -0.1) is 0 Å². The van der Waals surface area contributed by atoms with Crippen molar-refractivity contribution in [3.63, 3.8) is 0 Å². The third-order valence-electron chi connectivity index (χ3n) is 4.99. The molecule has 0 aliphatic carbocycles. The number of amides is 2. The first-order valence-electron chi connectivity index (χ1n) is 9.56. The zero-order valence-electron chi connectivity index (χ0n) is 16.2. The second-order valence-corrected chi connectivity index (χ2v) is 7.17. The Labute approximate surface area is 172 Å². The molecule has 1 aliphatic rings. The van der Waals surface area contributed by atoms with Crippen molar-refractivity contribution in [2.75, 3.05) is 25.0 Å². The number of nitro groups is 1. The molecular weight excluding hydrogens is 393 g/mol. The molecule has 0 saturated carbocycles. The average Bonchev–Trinajstić information content (AvgIpc) is 2.75. The van der Waals surface area contributed by atoms with Crippen molar-refractivity contribution in [1.82, 2.24) is 15.2 Å². The van der Waals surface area contributed by atoms with Crippen LogP contribution in [0.4, 0.5) is 15.8 Å². The van der Waals surface area contributed by atoms with E-state index in [1.54, 1.807) is 6.20 Å². The van der Waals surface area contributed by atoms with Crippen molar-refractivity contribution in [2.45, 2.75) is 19.4 Å². The van der Waals surface area contributed by atoms with Crippen LogP contribution in [0.15, 0.2) is 42.7 Å². The number of aromatic nitrogens is 1. The zero-order chi connectivity index (χ0) is 21.5. The van der Waals surface area contributed by atoms with E-state index < -0.39 is 28.2 Å². The lowest BCUT2D eigenvalue weighted by Crippen LogP contribution is -2.41. The monoisotopic (exact) mass is 415 g/mol. The highest BCUT2D eigenvalue weighted by Gasteiger charge is 2.22. The molecule has 1 fully saturated rings. The van der Waals surface area contributed by atoms with Gasteiger partial charge in [0.05, 0.1) is 4.92 Å². The van der Waals surface area contributed by atoms with Crippen LogP contribution in [0.3, 0.4) is 0 Å². The molecule has 0 radical (unpaired) electrons. The fourth-order valence-electron chi connectivity index (χ4n) is 3.33. The van der Waals surface area contributed by atoms with Gasteiger partial charge >= 0.3 is 17.5 Å². The van der Waals surface area contributed by atoms with Gasteiger partial charge in [-0.25, -0.2) is 0 Å². The van der Waals surface area contributed by atoms with E-state index in [-0.39, 0.29) is 11.6 Å². The first kappa shape index (κ1) is 21.3. The molecule has 0 unspecified atom stereocenters. The summed E-state index contributed by atoms with van der Waals surface area (Å²) in [6.07, 6.45) is 5.38. The third-order valence-corrected chi connectivity index (χ3v) is 4.99. The topological polar surface area (TPSA) is 117 Å². The number of piperidine rings is 1. The van der Waals surface area contributed by atoms with E-state index in [0.717, 1.165) is 56.2 Å². The maximum Gasteiger partial charge on any atom is 0.313 e. The van der Waals surface area contributed by atoms with Gasteiger partial charge in [0.1, 0.15) is 0 Å². The molecule has 0 atom stereocenters. The minimum absolute atomic E-state index is 0.0213. The minimum Gasteiger partial charge on any atom is -0.348 e. The molecule has 1 aromatic heterocycles. The highest BCUT2D eigenvalue weighted by molar-refractivity contribution is 6.39. The molecule has 30 heavy (non-hydrogen) atoms. The Bertz CT molecular complexity index is 917. The van der Waals surface area contributed by atoms with Gasteiger partial charge in [-0.05, 0) is 55.6 Å². The molecule has 158 valence electrons. The quantitative estimate of drug-likeness (QED) is 0.424.